The molecule has 1 aromatic carbocycles. The average Bonchev–Trinajstić information content (AvgIpc) is 3.40. The van der Waals surface area contributed by atoms with E-state index in [4.69, 9.17) is 0 Å². The second-order valence-corrected chi connectivity index (χ2v) is 6.23. The third kappa shape index (κ3) is 3.95. The standard InChI is InChI=1S/C19H19N7O/c1-15-5-2-3-6-16(15)12-26-13-17(11-21-26)22-19(27)18-7-10-25(23-18)14-24-9-4-8-20-24/h2-11,13H,12,14H2,1H3,(H,22,27). The van der Waals surface area contributed by atoms with Crippen LogP contribution >= 0.6 is 0 Å². The second-order valence-electron chi connectivity index (χ2n) is 6.23. The van der Waals surface area contributed by atoms with Gasteiger partial charge in [-0.2, -0.15) is 15.3 Å². The highest BCUT2D eigenvalue weighted by Crippen LogP contribution is 2.12. The summed E-state index contributed by atoms with van der Waals surface area (Å²) in [6.45, 7) is 3.18. The molecule has 0 saturated heterocycles. The Morgan fingerprint density at radius 2 is 1.93 bits per heavy atom. The number of rotatable bonds is 6. The van der Waals surface area contributed by atoms with E-state index in [9.17, 15) is 4.79 Å². The molecule has 0 fully saturated rings. The highest BCUT2D eigenvalue weighted by Gasteiger charge is 2.11. The van der Waals surface area contributed by atoms with Crippen LogP contribution in [0.15, 0.2) is 67.4 Å². The summed E-state index contributed by atoms with van der Waals surface area (Å²) in [7, 11) is 0. The van der Waals surface area contributed by atoms with Gasteiger partial charge < -0.3 is 5.32 Å². The van der Waals surface area contributed by atoms with Gasteiger partial charge in [0.15, 0.2) is 5.69 Å². The largest absolute Gasteiger partial charge is 0.318 e. The molecule has 4 rings (SSSR count). The number of carbonyl (C=O) groups excluding carboxylic acids is 1. The first-order valence-electron chi connectivity index (χ1n) is 8.56. The van der Waals surface area contributed by atoms with Crippen molar-refractivity contribution in [3.05, 3.63) is 84.2 Å². The molecule has 1 N–H and O–H groups in total. The summed E-state index contributed by atoms with van der Waals surface area (Å²) in [5.41, 5.74) is 3.38. The van der Waals surface area contributed by atoms with Gasteiger partial charge in [0.05, 0.1) is 18.4 Å². The zero-order chi connectivity index (χ0) is 18.6. The summed E-state index contributed by atoms with van der Waals surface area (Å²) in [5, 5.41) is 15.6. The van der Waals surface area contributed by atoms with Crippen LogP contribution < -0.4 is 5.32 Å². The van der Waals surface area contributed by atoms with Crippen LogP contribution in [0.4, 0.5) is 5.69 Å². The predicted molar refractivity (Wildman–Crippen MR) is 100 cm³/mol. The van der Waals surface area contributed by atoms with Crippen LogP contribution in [0.25, 0.3) is 0 Å². The molecule has 136 valence electrons. The van der Waals surface area contributed by atoms with E-state index in [-0.39, 0.29) is 5.91 Å². The van der Waals surface area contributed by atoms with E-state index in [2.05, 4.69) is 39.7 Å². The molecule has 0 saturated carbocycles. The third-order valence-electron chi connectivity index (χ3n) is 4.21. The molecule has 0 bridgehead atoms. The van der Waals surface area contributed by atoms with Gasteiger partial charge in [0.2, 0.25) is 0 Å². The van der Waals surface area contributed by atoms with Crippen molar-refractivity contribution < 1.29 is 4.79 Å². The number of carbonyl (C=O) groups is 1. The molecule has 8 heteroatoms. The highest BCUT2D eigenvalue weighted by atomic mass is 16.2. The topological polar surface area (TPSA) is 82.6 Å². The number of nitrogens with zero attached hydrogens (tertiary/aromatic N) is 6. The van der Waals surface area contributed by atoms with Crippen molar-refractivity contribution in [3.63, 3.8) is 0 Å². The van der Waals surface area contributed by atoms with Crippen molar-refractivity contribution in [2.45, 2.75) is 20.1 Å². The molecule has 0 aliphatic rings. The first-order valence-corrected chi connectivity index (χ1v) is 8.56. The molecule has 3 aromatic heterocycles. The Morgan fingerprint density at radius 1 is 1.04 bits per heavy atom. The zero-order valence-corrected chi connectivity index (χ0v) is 14.9. The lowest BCUT2D eigenvalue weighted by Gasteiger charge is -2.05. The SMILES string of the molecule is Cc1ccccc1Cn1cc(NC(=O)c2ccn(Cn3cccn3)n2)cn1. The minimum atomic E-state index is -0.273. The number of anilines is 1. The van der Waals surface area contributed by atoms with E-state index in [0.29, 0.717) is 24.6 Å². The molecule has 8 nitrogen and oxygen atoms in total. The van der Waals surface area contributed by atoms with Crippen LogP contribution in [-0.2, 0) is 13.2 Å². The first-order chi connectivity index (χ1) is 13.2. The van der Waals surface area contributed by atoms with Crippen LogP contribution in [0.2, 0.25) is 0 Å². The summed E-state index contributed by atoms with van der Waals surface area (Å²) in [6, 6.07) is 11.7. The molecule has 0 atom stereocenters. The summed E-state index contributed by atoms with van der Waals surface area (Å²) in [5.74, 6) is -0.273. The fourth-order valence-electron chi connectivity index (χ4n) is 2.77. The minimum Gasteiger partial charge on any atom is -0.318 e. The van der Waals surface area contributed by atoms with E-state index >= 15 is 0 Å². The van der Waals surface area contributed by atoms with Gasteiger partial charge in [-0.3, -0.25) is 18.8 Å². The molecular formula is C19H19N7O. The minimum absolute atomic E-state index is 0.273. The lowest BCUT2D eigenvalue weighted by Crippen LogP contribution is -2.14. The lowest BCUT2D eigenvalue weighted by atomic mass is 10.1. The fourth-order valence-corrected chi connectivity index (χ4v) is 2.77. The third-order valence-corrected chi connectivity index (χ3v) is 4.21. The quantitative estimate of drug-likeness (QED) is 0.572. The normalized spacial score (nSPS) is 10.9. The zero-order valence-electron chi connectivity index (χ0n) is 14.9. The van der Waals surface area contributed by atoms with E-state index in [1.807, 2.05) is 30.6 Å². The van der Waals surface area contributed by atoms with Crippen molar-refractivity contribution in [1.82, 2.24) is 29.3 Å². The Kier molecular flexibility index (Phi) is 4.52. The fraction of sp³-hybridized carbons (Fsp3) is 0.158. The summed E-state index contributed by atoms with van der Waals surface area (Å²) in [4.78, 5) is 12.4. The molecule has 3 heterocycles. The number of aromatic nitrogens is 6. The summed E-state index contributed by atoms with van der Waals surface area (Å²) >= 11 is 0. The van der Waals surface area contributed by atoms with Crippen molar-refractivity contribution >= 4 is 11.6 Å². The molecular weight excluding hydrogens is 342 g/mol. The van der Waals surface area contributed by atoms with Gasteiger partial charge in [0, 0.05) is 24.8 Å². The summed E-state index contributed by atoms with van der Waals surface area (Å²) in [6.07, 6.45) is 8.73. The number of amides is 1. The average molecular weight is 361 g/mol. The van der Waals surface area contributed by atoms with Gasteiger partial charge in [0.1, 0.15) is 6.67 Å². The van der Waals surface area contributed by atoms with E-state index in [1.165, 1.54) is 11.1 Å². The number of aryl methyl sites for hydroxylation is 1. The molecule has 4 aromatic rings. The van der Waals surface area contributed by atoms with Crippen LogP contribution in [0.3, 0.4) is 0 Å². The Hall–Kier alpha value is -3.68. The maximum Gasteiger partial charge on any atom is 0.276 e. The van der Waals surface area contributed by atoms with Crippen molar-refractivity contribution in [2.75, 3.05) is 5.32 Å². The number of hydrogen-bond donors (Lipinski definition) is 1. The Bertz CT molecular complexity index is 1050. The van der Waals surface area contributed by atoms with Crippen LogP contribution in [-0.4, -0.2) is 35.2 Å². The van der Waals surface area contributed by atoms with Crippen LogP contribution in [0, 0.1) is 6.92 Å². The molecule has 0 aliphatic heterocycles. The summed E-state index contributed by atoms with van der Waals surface area (Å²) < 4.78 is 5.18. The lowest BCUT2D eigenvalue weighted by molar-refractivity contribution is 0.102. The van der Waals surface area contributed by atoms with Gasteiger partial charge in [-0.25, -0.2) is 0 Å². The first kappa shape index (κ1) is 16.8. The number of nitrogens with one attached hydrogen (secondary N) is 1. The predicted octanol–water partition coefficient (Wildman–Crippen LogP) is 2.39. The van der Waals surface area contributed by atoms with Gasteiger partial charge in [-0.15, -0.1) is 0 Å². The molecule has 27 heavy (non-hydrogen) atoms. The van der Waals surface area contributed by atoms with E-state index in [1.54, 1.807) is 38.7 Å². The maximum atomic E-state index is 12.4. The highest BCUT2D eigenvalue weighted by molar-refractivity contribution is 6.02. The smallest absolute Gasteiger partial charge is 0.276 e. The van der Waals surface area contributed by atoms with E-state index < -0.39 is 0 Å². The monoisotopic (exact) mass is 361 g/mol. The Labute approximate surface area is 156 Å². The number of benzene rings is 1. The Morgan fingerprint density at radius 3 is 2.74 bits per heavy atom. The number of hydrogen-bond acceptors (Lipinski definition) is 4. The second kappa shape index (κ2) is 7.28. The molecule has 0 aliphatic carbocycles. The molecule has 0 unspecified atom stereocenters. The van der Waals surface area contributed by atoms with E-state index in [0.717, 1.165) is 0 Å². The van der Waals surface area contributed by atoms with Crippen molar-refractivity contribution in [1.29, 1.82) is 0 Å². The molecule has 0 radical (unpaired) electrons. The maximum absolute atomic E-state index is 12.4. The Balaban J connectivity index is 1.39. The van der Waals surface area contributed by atoms with Gasteiger partial charge in [0.25, 0.3) is 5.91 Å². The van der Waals surface area contributed by atoms with Crippen LogP contribution in [0.1, 0.15) is 21.6 Å². The molecule has 1 amide bonds. The van der Waals surface area contributed by atoms with Crippen molar-refractivity contribution in [2.24, 2.45) is 0 Å². The van der Waals surface area contributed by atoms with Gasteiger partial charge >= 0.3 is 0 Å². The van der Waals surface area contributed by atoms with Crippen LogP contribution in [0.5, 0.6) is 0 Å². The molecule has 0 spiro atoms. The van der Waals surface area contributed by atoms with Gasteiger partial charge in [-0.1, -0.05) is 24.3 Å². The van der Waals surface area contributed by atoms with Crippen molar-refractivity contribution in [3.8, 4) is 0 Å². The van der Waals surface area contributed by atoms with Gasteiger partial charge in [-0.05, 0) is 30.2 Å².